The highest BCUT2D eigenvalue weighted by atomic mass is 35.5. The van der Waals surface area contributed by atoms with Crippen molar-refractivity contribution in [1.82, 2.24) is 0 Å². The standard InChI is InChI=1S/C14H18ClNO/c15-11-5-1-2-6-12(11)16-9-10-17-14-8-4-3-7-13(14)16/h1-2,5-6,13-14H,3-4,7-10H2/t13-,14-/m0/s1. The van der Waals surface area contributed by atoms with Gasteiger partial charge in [0.1, 0.15) is 0 Å². The molecular weight excluding hydrogens is 234 g/mol. The van der Waals surface area contributed by atoms with Gasteiger partial charge >= 0.3 is 0 Å². The molecule has 1 aliphatic carbocycles. The summed E-state index contributed by atoms with van der Waals surface area (Å²) in [5.74, 6) is 0. The fourth-order valence-electron chi connectivity index (χ4n) is 3.08. The lowest BCUT2D eigenvalue weighted by atomic mass is 9.90. The first kappa shape index (κ1) is 11.4. The number of halogens is 1. The van der Waals surface area contributed by atoms with Crippen LogP contribution in [0.25, 0.3) is 0 Å². The van der Waals surface area contributed by atoms with Crippen molar-refractivity contribution >= 4 is 17.3 Å². The van der Waals surface area contributed by atoms with E-state index in [4.69, 9.17) is 16.3 Å². The highest BCUT2D eigenvalue weighted by molar-refractivity contribution is 6.33. The maximum atomic E-state index is 6.31. The van der Waals surface area contributed by atoms with Crippen LogP contribution in [0.5, 0.6) is 0 Å². The van der Waals surface area contributed by atoms with Crippen molar-refractivity contribution in [1.29, 1.82) is 0 Å². The Bertz CT molecular complexity index is 394. The van der Waals surface area contributed by atoms with E-state index in [1.807, 2.05) is 12.1 Å². The third-order valence-electron chi connectivity index (χ3n) is 3.89. The van der Waals surface area contributed by atoms with E-state index in [9.17, 15) is 0 Å². The summed E-state index contributed by atoms with van der Waals surface area (Å²) in [6.07, 6.45) is 5.46. The summed E-state index contributed by atoms with van der Waals surface area (Å²) in [7, 11) is 0. The summed E-state index contributed by atoms with van der Waals surface area (Å²) in [4.78, 5) is 2.45. The molecule has 1 saturated heterocycles. The predicted octanol–water partition coefficient (Wildman–Crippen LogP) is 3.49. The van der Waals surface area contributed by atoms with Gasteiger partial charge in [-0.1, -0.05) is 36.6 Å². The number of rotatable bonds is 1. The van der Waals surface area contributed by atoms with Gasteiger partial charge < -0.3 is 9.64 Å². The molecule has 1 aromatic rings. The van der Waals surface area contributed by atoms with E-state index in [2.05, 4.69) is 17.0 Å². The molecule has 3 rings (SSSR count). The first-order valence-electron chi connectivity index (χ1n) is 6.49. The van der Waals surface area contributed by atoms with E-state index in [0.717, 1.165) is 18.2 Å². The first-order valence-corrected chi connectivity index (χ1v) is 6.87. The quantitative estimate of drug-likeness (QED) is 0.758. The number of para-hydroxylation sites is 1. The van der Waals surface area contributed by atoms with Gasteiger partial charge in [0.2, 0.25) is 0 Å². The van der Waals surface area contributed by atoms with E-state index in [1.165, 1.54) is 31.4 Å². The number of hydrogen-bond donors (Lipinski definition) is 0. The van der Waals surface area contributed by atoms with Crippen molar-refractivity contribution in [2.45, 2.75) is 37.8 Å². The molecule has 1 heterocycles. The van der Waals surface area contributed by atoms with Crippen LogP contribution in [0.4, 0.5) is 5.69 Å². The Morgan fingerprint density at radius 3 is 2.88 bits per heavy atom. The third-order valence-corrected chi connectivity index (χ3v) is 4.21. The van der Waals surface area contributed by atoms with Crippen molar-refractivity contribution < 1.29 is 4.74 Å². The molecule has 17 heavy (non-hydrogen) atoms. The molecule has 0 bridgehead atoms. The van der Waals surface area contributed by atoms with Crippen LogP contribution >= 0.6 is 11.6 Å². The van der Waals surface area contributed by atoms with Gasteiger partial charge in [-0.2, -0.15) is 0 Å². The second kappa shape index (κ2) is 4.87. The molecule has 1 saturated carbocycles. The van der Waals surface area contributed by atoms with Crippen LogP contribution in [0.15, 0.2) is 24.3 Å². The van der Waals surface area contributed by atoms with Crippen molar-refractivity contribution in [3.63, 3.8) is 0 Å². The molecule has 0 unspecified atom stereocenters. The lowest BCUT2D eigenvalue weighted by Gasteiger charge is -2.45. The van der Waals surface area contributed by atoms with E-state index in [1.54, 1.807) is 0 Å². The molecule has 0 aromatic heterocycles. The SMILES string of the molecule is Clc1ccccc1N1CCO[C@H]2CCCC[C@@H]21. The Balaban J connectivity index is 1.88. The minimum Gasteiger partial charge on any atom is -0.374 e. The zero-order valence-corrected chi connectivity index (χ0v) is 10.7. The van der Waals surface area contributed by atoms with E-state index in [-0.39, 0.29) is 0 Å². The van der Waals surface area contributed by atoms with Gasteiger partial charge in [0.15, 0.2) is 0 Å². The average molecular weight is 252 g/mol. The monoisotopic (exact) mass is 251 g/mol. The van der Waals surface area contributed by atoms with Crippen LogP contribution in [-0.4, -0.2) is 25.3 Å². The fraction of sp³-hybridized carbons (Fsp3) is 0.571. The van der Waals surface area contributed by atoms with Crippen LogP contribution in [0.2, 0.25) is 5.02 Å². The highest BCUT2D eigenvalue weighted by Crippen LogP contribution is 2.35. The second-order valence-electron chi connectivity index (χ2n) is 4.91. The number of nitrogens with zero attached hydrogens (tertiary/aromatic N) is 1. The van der Waals surface area contributed by atoms with Gasteiger partial charge in [-0.25, -0.2) is 0 Å². The van der Waals surface area contributed by atoms with Crippen molar-refractivity contribution in [2.24, 2.45) is 0 Å². The molecule has 2 nitrogen and oxygen atoms in total. The highest BCUT2D eigenvalue weighted by Gasteiger charge is 2.34. The number of morpholine rings is 1. The van der Waals surface area contributed by atoms with Gasteiger partial charge in [-0.15, -0.1) is 0 Å². The number of benzene rings is 1. The zero-order valence-electron chi connectivity index (χ0n) is 9.94. The lowest BCUT2D eigenvalue weighted by molar-refractivity contribution is -0.00866. The normalized spacial score (nSPS) is 28.9. The predicted molar refractivity (Wildman–Crippen MR) is 70.8 cm³/mol. The molecule has 1 aromatic carbocycles. The Morgan fingerprint density at radius 1 is 1.18 bits per heavy atom. The average Bonchev–Trinajstić information content (AvgIpc) is 2.39. The lowest BCUT2D eigenvalue weighted by Crippen LogP contribution is -2.52. The molecule has 1 aliphatic heterocycles. The van der Waals surface area contributed by atoms with Crippen LogP contribution < -0.4 is 4.90 Å². The van der Waals surface area contributed by atoms with E-state index in [0.29, 0.717) is 12.1 Å². The summed E-state index contributed by atoms with van der Waals surface area (Å²) in [5.41, 5.74) is 1.18. The summed E-state index contributed by atoms with van der Waals surface area (Å²) in [6.45, 7) is 1.79. The van der Waals surface area contributed by atoms with Gasteiger partial charge in [0, 0.05) is 6.54 Å². The van der Waals surface area contributed by atoms with Crippen LogP contribution in [0.1, 0.15) is 25.7 Å². The molecular formula is C14H18ClNO. The Labute approximate surface area is 108 Å². The third kappa shape index (κ3) is 2.16. The van der Waals surface area contributed by atoms with Crippen LogP contribution in [0, 0.1) is 0 Å². The number of anilines is 1. The smallest absolute Gasteiger partial charge is 0.0779 e. The zero-order chi connectivity index (χ0) is 11.7. The van der Waals surface area contributed by atoms with Gasteiger partial charge in [0.05, 0.1) is 29.5 Å². The maximum absolute atomic E-state index is 6.31. The molecule has 0 amide bonds. The summed E-state index contributed by atoms with van der Waals surface area (Å²) in [6, 6.07) is 8.68. The fourth-order valence-corrected chi connectivity index (χ4v) is 3.32. The van der Waals surface area contributed by atoms with Crippen LogP contribution in [0.3, 0.4) is 0 Å². The maximum Gasteiger partial charge on any atom is 0.0779 e. The second-order valence-corrected chi connectivity index (χ2v) is 5.31. The minimum atomic E-state index is 0.411. The molecule has 0 N–H and O–H groups in total. The van der Waals surface area contributed by atoms with E-state index < -0.39 is 0 Å². The summed E-state index contributed by atoms with van der Waals surface area (Å²) < 4.78 is 5.89. The summed E-state index contributed by atoms with van der Waals surface area (Å²) in [5, 5.41) is 0.860. The van der Waals surface area contributed by atoms with E-state index >= 15 is 0 Å². The molecule has 0 radical (unpaired) electrons. The van der Waals surface area contributed by atoms with Gasteiger partial charge in [0.25, 0.3) is 0 Å². The molecule has 92 valence electrons. The minimum absolute atomic E-state index is 0.411. The number of ether oxygens (including phenoxy) is 1. The molecule has 2 fully saturated rings. The largest absolute Gasteiger partial charge is 0.374 e. The molecule has 2 atom stereocenters. The van der Waals surface area contributed by atoms with Crippen molar-refractivity contribution in [3.05, 3.63) is 29.3 Å². The molecule has 0 spiro atoms. The van der Waals surface area contributed by atoms with Gasteiger partial charge in [-0.3, -0.25) is 0 Å². The van der Waals surface area contributed by atoms with Gasteiger partial charge in [-0.05, 0) is 25.0 Å². The van der Waals surface area contributed by atoms with Crippen molar-refractivity contribution in [3.8, 4) is 0 Å². The molecule has 2 aliphatic rings. The number of hydrogen-bond acceptors (Lipinski definition) is 2. The first-order chi connectivity index (χ1) is 8.36. The Morgan fingerprint density at radius 2 is 2.00 bits per heavy atom. The van der Waals surface area contributed by atoms with Crippen molar-refractivity contribution in [2.75, 3.05) is 18.1 Å². The molecule has 3 heteroatoms. The Kier molecular flexibility index (Phi) is 3.26. The number of fused-ring (bicyclic) bond motifs is 1. The summed E-state index contributed by atoms with van der Waals surface area (Å²) >= 11 is 6.31. The topological polar surface area (TPSA) is 12.5 Å². The van der Waals surface area contributed by atoms with Crippen LogP contribution in [-0.2, 0) is 4.74 Å². The Hall–Kier alpha value is -0.730.